The lowest BCUT2D eigenvalue weighted by molar-refractivity contribution is 0.144. The Balaban J connectivity index is 1.59. The summed E-state index contributed by atoms with van der Waals surface area (Å²) in [6.07, 6.45) is 3.82. The summed E-state index contributed by atoms with van der Waals surface area (Å²) in [7, 11) is 0. The third-order valence-electron chi connectivity index (χ3n) is 7.19. The molecule has 4 rings (SSSR count). The minimum absolute atomic E-state index is 0.00406. The Morgan fingerprint density at radius 3 is 2.57 bits per heavy atom. The van der Waals surface area contributed by atoms with Crippen LogP contribution in [0.4, 0.5) is 10.6 Å². The number of aliphatic hydroxyl groups excluding tert-OH is 1. The van der Waals surface area contributed by atoms with E-state index in [4.69, 9.17) is 4.98 Å². The van der Waals surface area contributed by atoms with Crippen molar-refractivity contribution in [2.75, 3.05) is 24.5 Å². The maximum absolute atomic E-state index is 13.1. The van der Waals surface area contributed by atoms with E-state index in [1.54, 1.807) is 0 Å². The molecule has 1 saturated heterocycles. The number of nitrogens with zero attached hydrogens (tertiary/aromatic N) is 4. The maximum atomic E-state index is 13.1. The van der Waals surface area contributed by atoms with Gasteiger partial charge < -0.3 is 20.2 Å². The summed E-state index contributed by atoms with van der Waals surface area (Å²) in [6, 6.07) is 12.3. The number of carbonyl (C=O) groups is 1. The predicted octanol–water partition coefficient (Wildman–Crippen LogP) is 4.33. The van der Waals surface area contributed by atoms with E-state index in [1.165, 1.54) is 0 Å². The number of nitriles is 1. The van der Waals surface area contributed by atoms with Crippen molar-refractivity contribution in [3.63, 3.8) is 0 Å². The van der Waals surface area contributed by atoms with Gasteiger partial charge in [-0.05, 0) is 36.3 Å². The molecular weight excluding hydrogens is 438 g/mol. The Hall–Kier alpha value is -3.11. The zero-order valence-electron chi connectivity index (χ0n) is 21.1. The second-order valence-electron chi connectivity index (χ2n) is 10.0. The van der Waals surface area contributed by atoms with E-state index < -0.39 is 0 Å². The van der Waals surface area contributed by atoms with E-state index in [2.05, 4.69) is 37.1 Å². The molecule has 0 radical (unpaired) electrons. The predicted molar refractivity (Wildman–Crippen MR) is 137 cm³/mol. The normalized spacial score (nSPS) is 18.0. The van der Waals surface area contributed by atoms with Crippen LogP contribution in [-0.2, 0) is 19.6 Å². The molecule has 2 aromatic rings. The van der Waals surface area contributed by atoms with Crippen molar-refractivity contribution in [1.82, 2.24) is 15.2 Å². The van der Waals surface area contributed by atoms with E-state index in [0.29, 0.717) is 37.7 Å². The molecule has 1 atom stereocenters. The molecule has 186 valence electrons. The Bertz CT molecular complexity index is 1070. The lowest BCUT2D eigenvalue weighted by atomic mass is 9.94. The number of hydrogen-bond donors (Lipinski definition) is 2. The van der Waals surface area contributed by atoms with Crippen LogP contribution in [-0.4, -0.2) is 46.7 Å². The summed E-state index contributed by atoms with van der Waals surface area (Å²) < 4.78 is 0. The molecule has 35 heavy (non-hydrogen) atoms. The first-order valence-electron chi connectivity index (χ1n) is 12.9. The first-order chi connectivity index (χ1) is 17.0. The number of rotatable bonds is 8. The van der Waals surface area contributed by atoms with Crippen LogP contribution in [0.15, 0.2) is 30.3 Å². The molecule has 2 N–H and O–H groups in total. The van der Waals surface area contributed by atoms with Crippen molar-refractivity contribution >= 4 is 11.8 Å². The van der Waals surface area contributed by atoms with Gasteiger partial charge in [-0.15, -0.1) is 0 Å². The monoisotopic (exact) mass is 475 g/mol. The summed E-state index contributed by atoms with van der Waals surface area (Å²) in [5.41, 5.74) is 4.44. The number of hydrogen-bond acceptors (Lipinski definition) is 5. The van der Waals surface area contributed by atoms with Crippen molar-refractivity contribution in [3.05, 3.63) is 58.3 Å². The number of benzene rings is 1. The van der Waals surface area contributed by atoms with Crippen molar-refractivity contribution in [2.45, 2.75) is 71.6 Å². The molecule has 0 spiro atoms. The van der Waals surface area contributed by atoms with Crippen LogP contribution < -0.4 is 10.2 Å². The minimum atomic E-state index is -0.0763. The quantitative estimate of drug-likeness (QED) is 0.593. The molecule has 1 saturated carbocycles. The number of urea groups is 1. The average molecular weight is 476 g/mol. The molecule has 2 heterocycles. The third kappa shape index (κ3) is 5.43. The van der Waals surface area contributed by atoms with Crippen LogP contribution >= 0.6 is 0 Å². The minimum Gasteiger partial charge on any atom is -0.392 e. The van der Waals surface area contributed by atoms with E-state index in [-0.39, 0.29) is 24.6 Å². The standard InChI is InChI=1S/C28H37N5O2/c1-4-8-22-23(15-29)27(31-26(21-11-12-21)24(22)18-34)32-13-14-33(25(17-32)19(2)3)28(35)30-16-20-9-6-5-7-10-20/h5-7,9-10,19,21,25,34H,4,8,11-14,16-18H2,1-3H3,(H,30,35). The molecular formula is C28H37N5O2. The van der Waals surface area contributed by atoms with Crippen LogP contribution in [0.1, 0.15) is 73.9 Å². The second kappa shape index (κ2) is 11.1. The number of aromatic nitrogens is 1. The summed E-state index contributed by atoms with van der Waals surface area (Å²) >= 11 is 0. The number of piperazine rings is 1. The van der Waals surface area contributed by atoms with E-state index in [9.17, 15) is 15.2 Å². The highest BCUT2D eigenvalue weighted by Crippen LogP contribution is 2.43. The van der Waals surface area contributed by atoms with Gasteiger partial charge in [-0.1, -0.05) is 57.5 Å². The fourth-order valence-corrected chi connectivity index (χ4v) is 5.12. The van der Waals surface area contributed by atoms with Gasteiger partial charge in [-0.3, -0.25) is 0 Å². The molecule has 0 bridgehead atoms. The average Bonchev–Trinajstić information content (AvgIpc) is 3.72. The summed E-state index contributed by atoms with van der Waals surface area (Å²) in [5, 5.41) is 23.4. The van der Waals surface area contributed by atoms with E-state index in [0.717, 1.165) is 53.9 Å². The fraction of sp³-hybridized carbons (Fsp3) is 0.536. The Labute approximate surface area is 208 Å². The highest BCUT2D eigenvalue weighted by Gasteiger charge is 2.36. The Kier molecular flexibility index (Phi) is 7.92. The van der Waals surface area contributed by atoms with Gasteiger partial charge in [0, 0.05) is 37.7 Å². The van der Waals surface area contributed by atoms with Gasteiger partial charge >= 0.3 is 6.03 Å². The smallest absolute Gasteiger partial charge is 0.318 e. The van der Waals surface area contributed by atoms with Gasteiger partial charge in [-0.25, -0.2) is 9.78 Å². The Morgan fingerprint density at radius 1 is 1.23 bits per heavy atom. The number of carbonyl (C=O) groups excluding carboxylic acids is 1. The molecule has 2 aliphatic rings. The number of aliphatic hydroxyl groups is 1. The molecule has 2 amide bonds. The molecule has 1 aliphatic carbocycles. The van der Waals surface area contributed by atoms with Gasteiger partial charge in [0.05, 0.1) is 23.9 Å². The lowest BCUT2D eigenvalue weighted by Crippen LogP contribution is -2.59. The van der Waals surface area contributed by atoms with Crippen LogP contribution in [0.2, 0.25) is 0 Å². The molecule has 7 nitrogen and oxygen atoms in total. The SMILES string of the molecule is CCCc1c(C#N)c(N2CCN(C(=O)NCc3ccccc3)C(C(C)C)C2)nc(C2CC2)c1CO. The molecule has 2 fully saturated rings. The van der Waals surface area contributed by atoms with Gasteiger partial charge in [0.15, 0.2) is 0 Å². The largest absolute Gasteiger partial charge is 0.392 e. The highest BCUT2D eigenvalue weighted by atomic mass is 16.3. The molecule has 1 aliphatic heterocycles. The van der Waals surface area contributed by atoms with Gasteiger partial charge in [0.25, 0.3) is 0 Å². The zero-order valence-corrected chi connectivity index (χ0v) is 21.1. The first-order valence-corrected chi connectivity index (χ1v) is 12.9. The third-order valence-corrected chi connectivity index (χ3v) is 7.19. The number of anilines is 1. The molecule has 7 heteroatoms. The highest BCUT2D eigenvalue weighted by molar-refractivity contribution is 5.75. The van der Waals surface area contributed by atoms with Crippen molar-refractivity contribution in [3.8, 4) is 6.07 Å². The van der Waals surface area contributed by atoms with Crippen LogP contribution in [0, 0.1) is 17.2 Å². The number of amides is 2. The zero-order chi connectivity index (χ0) is 24.9. The summed E-state index contributed by atoms with van der Waals surface area (Å²) in [6.45, 7) is 8.62. The van der Waals surface area contributed by atoms with E-state index in [1.807, 2.05) is 35.2 Å². The van der Waals surface area contributed by atoms with Crippen molar-refractivity contribution in [2.24, 2.45) is 5.92 Å². The van der Waals surface area contributed by atoms with Gasteiger partial charge in [0.2, 0.25) is 0 Å². The molecule has 1 aromatic heterocycles. The maximum Gasteiger partial charge on any atom is 0.318 e. The lowest BCUT2D eigenvalue weighted by Gasteiger charge is -2.44. The molecule has 1 aromatic carbocycles. The summed E-state index contributed by atoms with van der Waals surface area (Å²) in [4.78, 5) is 22.3. The van der Waals surface area contributed by atoms with E-state index >= 15 is 0 Å². The van der Waals surface area contributed by atoms with Crippen LogP contribution in [0.25, 0.3) is 0 Å². The molecule has 1 unspecified atom stereocenters. The summed E-state index contributed by atoms with van der Waals surface area (Å²) in [5.74, 6) is 1.36. The van der Waals surface area contributed by atoms with Crippen LogP contribution in [0.5, 0.6) is 0 Å². The number of pyridine rings is 1. The van der Waals surface area contributed by atoms with Gasteiger partial charge in [0.1, 0.15) is 11.9 Å². The Morgan fingerprint density at radius 2 is 1.97 bits per heavy atom. The van der Waals surface area contributed by atoms with Crippen molar-refractivity contribution in [1.29, 1.82) is 5.26 Å². The topological polar surface area (TPSA) is 92.5 Å². The first kappa shape index (κ1) is 25.0. The second-order valence-corrected chi connectivity index (χ2v) is 10.0. The number of nitrogens with one attached hydrogen (secondary N) is 1. The van der Waals surface area contributed by atoms with Gasteiger partial charge in [-0.2, -0.15) is 5.26 Å². The fourth-order valence-electron chi connectivity index (χ4n) is 5.12. The van der Waals surface area contributed by atoms with Crippen molar-refractivity contribution < 1.29 is 9.90 Å². The van der Waals surface area contributed by atoms with Crippen LogP contribution in [0.3, 0.4) is 0 Å².